The Morgan fingerprint density at radius 1 is 1.06 bits per heavy atom. The molecule has 4 rings (SSSR count). The number of aromatic nitrogens is 2. The highest BCUT2D eigenvalue weighted by Crippen LogP contribution is 2.51. The van der Waals surface area contributed by atoms with E-state index in [1.165, 1.54) is 40.9 Å². The first-order valence-corrected chi connectivity index (χ1v) is 12.1. The fraction of sp³-hybridized carbons (Fsp3) is 0.320. The molecular weight excluding hydrogens is 515 g/mol. The van der Waals surface area contributed by atoms with Gasteiger partial charge in [0.15, 0.2) is 5.69 Å². The number of hydrogen-bond acceptors (Lipinski definition) is 4. The highest BCUT2D eigenvalue weighted by molar-refractivity contribution is 8.02. The van der Waals surface area contributed by atoms with Crippen LogP contribution in [0.1, 0.15) is 43.7 Å². The van der Waals surface area contributed by atoms with Crippen molar-refractivity contribution >= 4 is 35.2 Å². The van der Waals surface area contributed by atoms with E-state index in [2.05, 4.69) is 5.10 Å². The molecule has 2 heterocycles. The van der Waals surface area contributed by atoms with Crippen LogP contribution in [0.15, 0.2) is 54.6 Å². The van der Waals surface area contributed by atoms with Gasteiger partial charge in [0.1, 0.15) is 6.04 Å². The molecule has 1 unspecified atom stereocenters. The Morgan fingerprint density at radius 2 is 1.67 bits per heavy atom. The predicted molar refractivity (Wildman–Crippen MR) is 132 cm³/mol. The van der Waals surface area contributed by atoms with E-state index in [1.54, 1.807) is 52.0 Å². The molecule has 1 saturated heterocycles. The van der Waals surface area contributed by atoms with Crippen molar-refractivity contribution in [2.45, 2.75) is 49.5 Å². The molecule has 190 valence electrons. The van der Waals surface area contributed by atoms with Crippen LogP contribution in [0.5, 0.6) is 0 Å². The maximum atomic E-state index is 13.5. The Kier molecular flexibility index (Phi) is 6.41. The summed E-state index contributed by atoms with van der Waals surface area (Å²) in [4.78, 5) is 26.1. The second-order valence-electron chi connectivity index (χ2n) is 9.42. The second-order valence-corrected chi connectivity index (χ2v) is 12.1. The number of carboxylic acid groups (broad SMARTS) is 1. The number of para-hydroxylation sites is 1. The molecule has 1 fully saturated rings. The van der Waals surface area contributed by atoms with Gasteiger partial charge >= 0.3 is 12.1 Å². The lowest BCUT2D eigenvalue weighted by atomic mass is 9.99. The van der Waals surface area contributed by atoms with Crippen molar-refractivity contribution < 1.29 is 27.9 Å². The topological polar surface area (TPSA) is 75.4 Å². The van der Waals surface area contributed by atoms with Crippen LogP contribution in [0, 0.1) is 0 Å². The van der Waals surface area contributed by atoms with Crippen molar-refractivity contribution in [3.63, 3.8) is 0 Å². The molecule has 3 aromatic rings. The molecule has 1 aromatic heterocycles. The standard InChI is InChI=1S/C25H23ClF3N3O3S/c1-23(2)20(22(34)35)31(24(3,4)36-23)21(33)15-11-9-14(10-12-15)18-13-19(25(27,28)29)30-32(18)17-8-6-5-7-16(17)26/h5-13,20H,1-4H3,(H,34,35). The summed E-state index contributed by atoms with van der Waals surface area (Å²) < 4.78 is 40.8. The van der Waals surface area contributed by atoms with Crippen molar-refractivity contribution in [1.29, 1.82) is 0 Å². The van der Waals surface area contributed by atoms with Gasteiger partial charge in [0.25, 0.3) is 5.91 Å². The zero-order valence-corrected chi connectivity index (χ0v) is 21.4. The number of carbonyl (C=O) groups excluding carboxylic acids is 1. The van der Waals surface area contributed by atoms with Gasteiger partial charge in [-0.05, 0) is 58.0 Å². The summed E-state index contributed by atoms with van der Waals surface area (Å²) in [6.45, 7) is 7.14. The van der Waals surface area contributed by atoms with Crippen molar-refractivity contribution in [3.8, 4) is 16.9 Å². The number of halogens is 4. The Morgan fingerprint density at radius 3 is 2.22 bits per heavy atom. The molecule has 6 nitrogen and oxygen atoms in total. The number of hydrogen-bond donors (Lipinski definition) is 1. The average molecular weight is 538 g/mol. The van der Waals surface area contributed by atoms with Crippen LogP contribution >= 0.6 is 23.4 Å². The van der Waals surface area contributed by atoms with Gasteiger partial charge in [-0.3, -0.25) is 4.79 Å². The molecule has 0 bridgehead atoms. The maximum Gasteiger partial charge on any atom is 0.435 e. The number of rotatable bonds is 4. The summed E-state index contributed by atoms with van der Waals surface area (Å²) in [6.07, 6.45) is -4.67. The van der Waals surface area contributed by atoms with E-state index >= 15 is 0 Å². The fourth-order valence-corrected chi connectivity index (χ4v) is 6.70. The molecule has 11 heteroatoms. The Hall–Kier alpha value is -2.98. The smallest absolute Gasteiger partial charge is 0.435 e. The minimum atomic E-state index is -4.67. The molecule has 1 N–H and O–H groups in total. The third-order valence-electron chi connectivity index (χ3n) is 5.97. The summed E-state index contributed by atoms with van der Waals surface area (Å²) in [5.74, 6) is -1.58. The summed E-state index contributed by atoms with van der Waals surface area (Å²) in [7, 11) is 0. The zero-order valence-electron chi connectivity index (χ0n) is 19.8. The Bertz CT molecular complexity index is 1340. The van der Waals surface area contributed by atoms with E-state index < -0.39 is 39.4 Å². The van der Waals surface area contributed by atoms with Gasteiger partial charge in [-0.15, -0.1) is 11.8 Å². The van der Waals surface area contributed by atoms with Crippen LogP contribution in [0.2, 0.25) is 5.02 Å². The van der Waals surface area contributed by atoms with Crippen LogP contribution in [0.4, 0.5) is 13.2 Å². The van der Waals surface area contributed by atoms with Gasteiger partial charge in [0.2, 0.25) is 0 Å². The number of amides is 1. The summed E-state index contributed by atoms with van der Waals surface area (Å²) in [5.41, 5.74) is -0.0842. The first kappa shape index (κ1) is 26.1. The van der Waals surface area contributed by atoms with Crippen LogP contribution < -0.4 is 0 Å². The molecule has 1 aliphatic heterocycles. The number of carboxylic acids is 1. The van der Waals surface area contributed by atoms with Crippen molar-refractivity contribution in [3.05, 3.63) is 70.9 Å². The van der Waals surface area contributed by atoms with Crippen LogP contribution in [0.3, 0.4) is 0 Å². The van der Waals surface area contributed by atoms with E-state index in [-0.39, 0.29) is 22.0 Å². The van der Waals surface area contributed by atoms with Gasteiger partial charge < -0.3 is 10.0 Å². The first-order chi connectivity index (χ1) is 16.6. The van der Waals surface area contributed by atoms with E-state index in [0.29, 0.717) is 5.56 Å². The normalized spacial score (nSPS) is 18.9. The summed E-state index contributed by atoms with van der Waals surface area (Å²) >= 11 is 7.62. The van der Waals surface area contributed by atoms with E-state index in [1.807, 2.05) is 0 Å². The average Bonchev–Trinajstić information content (AvgIpc) is 3.29. The summed E-state index contributed by atoms with van der Waals surface area (Å²) in [5, 5.41) is 13.8. The number of nitrogens with zero attached hydrogens (tertiary/aromatic N) is 3. The van der Waals surface area contributed by atoms with Crippen LogP contribution in [-0.2, 0) is 11.0 Å². The number of carbonyl (C=O) groups is 2. The molecular formula is C25H23ClF3N3O3S. The maximum absolute atomic E-state index is 13.5. The van der Waals surface area contributed by atoms with Gasteiger partial charge in [-0.25, -0.2) is 9.48 Å². The van der Waals surface area contributed by atoms with Gasteiger partial charge in [0, 0.05) is 15.9 Å². The van der Waals surface area contributed by atoms with E-state index in [4.69, 9.17) is 11.6 Å². The molecule has 0 radical (unpaired) electrons. The minimum absolute atomic E-state index is 0.135. The predicted octanol–water partition coefficient (Wildman–Crippen LogP) is 6.37. The van der Waals surface area contributed by atoms with Crippen molar-refractivity contribution in [2.75, 3.05) is 0 Å². The molecule has 1 aliphatic rings. The van der Waals surface area contributed by atoms with Gasteiger partial charge in [-0.1, -0.05) is 35.9 Å². The monoisotopic (exact) mass is 537 g/mol. The van der Waals surface area contributed by atoms with E-state index in [0.717, 1.165) is 10.7 Å². The first-order valence-electron chi connectivity index (χ1n) is 10.9. The fourth-order valence-electron chi connectivity index (χ4n) is 4.60. The molecule has 1 amide bonds. The number of aliphatic carboxylic acids is 1. The third-order valence-corrected chi connectivity index (χ3v) is 7.74. The number of thioether (sulfide) groups is 1. The lowest BCUT2D eigenvalue weighted by molar-refractivity contribution is -0.143. The highest BCUT2D eigenvalue weighted by atomic mass is 35.5. The Balaban J connectivity index is 1.75. The molecule has 0 aliphatic carbocycles. The Labute approximate surface area is 215 Å². The largest absolute Gasteiger partial charge is 0.480 e. The number of alkyl halides is 3. The quantitative estimate of drug-likeness (QED) is 0.418. The third kappa shape index (κ3) is 4.59. The highest BCUT2D eigenvalue weighted by Gasteiger charge is 2.57. The van der Waals surface area contributed by atoms with E-state index in [9.17, 15) is 27.9 Å². The lowest BCUT2D eigenvalue weighted by Gasteiger charge is -2.33. The van der Waals surface area contributed by atoms with Crippen molar-refractivity contribution in [1.82, 2.24) is 14.7 Å². The molecule has 36 heavy (non-hydrogen) atoms. The zero-order chi connectivity index (χ0) is 26.6. The van der Waals surface area contributed by atoms with Gasteiger partial charge in [0.05, 0.1) is 21.3 Å². The summed E-state index contributed by atoms with van der Waals surface area (Å²) in [6, 6.07) is 12.2. The molecule has 0 saturated carbocycles. The van der Waals surface area contributed by atoms with Crippen LogP contribution in [-0.4, -0.2) is 47.3 Å². The van der Waals surface area contributed by atoms with Gasteiger partial charge in [-0.2, -0.15) is 18.3 Å². The van der Waals surface area contributed by atoms with Crippen molar-refractivity contribution in [2.24, 2.45) is 0 Å². The molecule has 2 aromatic carbocycles. The number of benzene rings is 2. The SMILES string of the molecule is CC1(C)SC(C)(C)N(C(=O)c2ccc(-c3cc(C(F)(F)F)nn3-c3ccccc3Cl)cc2)C1C(=O)O. The molecule has 1 atom stereocenters. The second kappa shape index (κ2) is 8.85. The minimum Gasteiger partial charge on any atom is -0.480 e. The van der Waals surface area contributed by atoms with Crippen LogP contribution in [0.25, 0.3) is 16.9 Å². The molecule has 0 spiro atoms. The lowest BCUT2D eigenvalue weighted by Crippen LogP contribution is -2.53.